The molecule has 4 aliphatic rings. The molecule has 0 amide bonds. The van der Waals surface area contributed by atoms with Gasteiger partial charge in [-0.25, -0.2) is 4.79 Å². The third-order valence-electron chi connectivity index (χ3n) is 8.62. The number of benzene rings is 1. The first-order valence-corrected chi connectivity index (χ1v) is 13.7. The molecule has 4 atom stereocenters. The van der Waals surface area contributed by atoms with Crippen LogP contribution >= 0.6 is 0 Å². The Labute approximate surface area is 228 Å². The number of nitrogens with zero attached hydrogens (tertiary/aromatic N) is 1. The van der Waals surface area contributed by atoms with Crippen molar-refractivity contribution in [2.24, 2.45) is 0 Å². The number of ether oxygens (including phenoxy) is 5. The minimum Gasteiger partial charge on any atom is -0.497 e. The van der Waals surface area contributed by atoms with E-state index >= 15 is 0 Å². The van der Waals surface area contributed by atoms with Gasteiger partial charge >= 0.3 is 11.9 Å². The van der Waals surface area contributed by atoms with E-state index in [9.17, 15) is 19.8 Å². The van der Waals surface area contributed by atoms with Gasteiger partial charge in [-0.05, 0) is 88.3 Å². The summed E-state index contributed by atoms with van der Waals surface area (Å²) in [6.07, 6.45) is 3.94. The molecule has 3 aliphatic heterocycles. The Morgan fingerprint density at radius 3 is 2.56 bits per heavy atom. The van der Waals surface area contributed by atoms with Crippen LogP contribution in [0.1, 0.15) is 69.4 Å². The summed E-state index contributed by atoms with van der Waals surface area (Å²) >= 11 is 0. The van der Waals surface area contributed by atoms with Gasteiger partial charge in [0, 0.05) is 6.54 Å². The van der Waals surface area contributed by atoms with Gasteiger partial charge in [-0.15, -0.1) is 0 Å². The molecular weight excluding hydrogens is 506 g/mol. The Morgan fingerprint density at radius 2 is 1.87 bits per heavy atom. The number of methoxy groups -OCH3 is 2. The average Bonchev–Trinajstić information content (AvgIpc) is 3.56. The van der Waals surface area contributed by atoms with Gasteiger partial charge in [0.2, 0.25) is 6.79 Å². The van der Waals surface area contributed by atoms with Crippen molar-refractivity contribution in [3.05, 3.63) is 35.1 Å². The third kappa shape index (κ3) is 5.10. The molecule has 0 saturated carbocycles. The van der Waals surface area contributed by atoms with Crippen molar-refractivity contribution in [3.8, 4) is 11.5 Å². The first-order valence-electron chi connectivity index (χ1n) is 13.7. The predicted molar refractivity (Wildman–Crippen MR) is 139 cm³/mol. The summed E-state index contributed by atoms with van der Waals surface area (Å²) in [6, 6.07) is 4.00. The minimum absolute atomic E-state index is 0.0686. The third-order valence-corrected chi connectivity index (χ3v) is 8.62. The zero-order valence-electron chi connectivity index (χ0n) is 23.2. The fourth-order valence-corrected chi connectivity index (χ4v) is 6.71. The van der Waals surface area contributed by atoms with E-state index in [1.54, 1.807) is 21.0 Å². The molecule has 1 fully saturated rings. The van der Waals surface area contributed by atoms with Gasteiger partial charge in [0.05, 0.1) is 37.7 Å². The zero-order chi connectivity index (χ0) is 28.0. The number of carbonyl (C=O) groups is 2. The quantitative estimate of drug-likeness (QED) is 0.448. The molecule has 2 N–H and O–H groups in total. The number of rotatable bonds is 9. The number of esters is 2. The summed E-state index contributed by atoms with van der Waals surface area (Å²) in [6.45, 7) is 5.21. The lowest BCUT2D eigenvalue weighted by Crippen LogP contribution is -2.49. The van der Waals surface area contributed by atoms with Crippen LogP contribution < -0.4 is 9.47 Å². The van der Waals surface area contributed by atoms with Crippen LogP contribution in [0.5, 0.6) is 11.5 Å². The second-order valence-corrected chi connectivity index (χ2v) is 11.7. The number of aliphatic hydroxyl groups is 2. The maximum atomic E-state index is 13.8. The van der Waals surface area contributed by atoms with E-state index in [0.29, 0.717) is 30.1 Å². The average molecular weight is 546 g/mol. The van der Waals surface area contributed by atoms with E-state index in [1.165, 1.54) is 7.11 Å². The predicted octanol–water partition coefficient (Wildman–Crippen LogP) is 2.58. The largest absolute Gasteiger partial charge is 0.497 e. The topological polar surface area (TPSA) is 124 Å². The van der Waals surface area contributed by atoms with Crippen LogP contribution in [0.4, 0.5) is 0 Å². The summed E-state index contributed by atoms with van der Waals surface area (Å²) in [5.41, 5.74) is -1.42. The summed E-state index contributed by atoms with van der Waals surface area (Å²) in [5.74, 6) is -0.0645. The molecule has 3 heterocycles. The highest BCUT2D eigenvalue weighted by atomic mass is 16.7. The number of hydrogen-bond acceptors (Lipinski definition) is 10. The number of carbonyl (C=O) groups excluding carboxylic acids is 2. The Morgan fingerprint density at radius 1 is 1.13 bits per heavy atom. The highest BCUT2D eigenvalue weighted by Gasteiger charge is 2.59. The van der Waals surface area contributed by atoms with Crippen molar-refractivity contribution in [1.29, 1.82) is 0 Å². The fourth-order valence-electron chi connectivity index (χ4n) is 6.71. The van der Waals surface area contributed by atoms with Crippen LogP contribution in [-0.4, -0.2) is 84.0 Å². The second kappa shape index (κ2) is 10.3. The molecule has 1 aromatic rings. The summed E-state index contributed by atoms with van der Waals surface area (Å²) < 4.78 is 28.1. The summed E-state index contributed by atoms with van der Waals surface area (Å²) in [5, 5.41) is 21.6. The number of hydrogen-bond donors (Lipinski definition) is 2. The minimum atomic E-state index is -2.12. The molecule has 1 spiro atoms. The summed E-state index contributed by atoms with van der Waals surface area (Å²) in [7, 11) is 2.76. The Hall–Kier alpha value is -2.82. The van der Waals surface area contributed by atoms with Crippen LogP contribution in [-0.2, 0) is 30.2 Å². The highest BCUT2D eigenvalue weighted by Crippen LogP contribution is 2.55. The molecule has 0 aromatic heterocycles. The highest BCUT2D eigenvalue weighted by molar-refractivity contribution is 5.86. The molecule has 39 heavy (non-hydrogen) atoms. The van der Waals surface area contributed by atoms with Crippen molar-refractivity contribution < 1.29 is 43.5 Å². The Bertz CT molecular complexity index is 1160. The van der Waals surface area contributed by atoms with Gasteiger partial charge in [-0.2, -0.15) is 0 Å². The maximum absolute atomic E-state index is 13.8. The van der Waals surface area contributed by atoms with E-state index in [4.69, 9.17) is 23.7 Å². The molecule has 0 bridgehead atoms. The molecule has 5 rings (SSSR count). The smallest absolute Gasteiger partial charge is 0.339 e. The van der Waals surface area contributed by atoms with Crippen molar-refractivity contribution in [2.75, 3.05) is 34.1 Å². The van der Waals surface area contributed by atoms with E-state index in [-0.39, 0.29) is 19.1 Å². The van der Waals surface area contributed by atoms with Crippen LogP contribution in [0.3, 0.4) is 0 Å². The van der Waals surface area contributed by atoms with Crippen LogP contribution in [0.25, 0.3) is 0 Å². The van der Waals surface area contributed by atoms with Gasteiger partial charge in [-0.1, -0.05) is 0 Å². The zero-order valence-corrected chi connectivity index (χ0v) is 23.2. The van der Waals surface area contributed by atoms with E-state index in [1.807, 2.05) is 12.1 Å². The molecular formula is C29H39NO9. The molecule has 10 nitrogen and oxygen atoms in total. The maximum Gasteiger partial charge on any atom is 0.339 e. The van der Waals surface area contributed by atoms with Gasteiger partial charge in [-0.3, -0.25) is 9.69 Å². The van der Waals surface area contributed by atoms with E-state index in [0.717, 1.165) is 43.5 Å². The molecule has 214 valence electrons. The molecule has 2 unspecified atom stereocenters. The first kappa shape index (κ1) is 27.7. The van der Waals surface area contributed by atoms with Crippen LogP contribution in [0.2, 0.25) is 0 Å². The van der Waals surface area contributed by atoms with Gasteiger partial charge in [0.25, 0.3) is 0 Å². The summed E-state index contributed by atoms with van der Waals surface area (Å²) in [4.78, 5) is 28.4. The van der Waals surface area contributed by atoms with Crippen molar-refractivity contribution >= 4 is 11.9 Å². The SMILES string of the molecule is COC(=O)CC(O)(CCCC(C)(C)O)C(=O)OC1C(OC)=C[C@]23CCCN2CCc2cc4c(cc2[C@H]13)OCO4. The lowest BCUT2D eigenvalue weighted by molar-refractivity contribution is -0.178. The Kier molecular flexibility index (Phi) is 7.32. The van der Waals surface area contributed by atoms with Crippen molar-refractivity contribution in [2.45, 2.75) is 87.6 Å². The normalized spacial score (nSPS) is 27.0. The second-order valence-electron chi connectivity index (χ2n) is 11.7. The lowest BCUT2D eigenvalue weighted by Gasteiger charge is -2.39. The standard InChI is InChI=1S/C29H39NO9/c1-27(2,33)8-5-10-29(34,16-23(31)36-4)26(32)39-25-22(35-3)15-28-9-6-11-30(28)12-7-18-13-20-21(38-17-37-20)14-19(18)24(25)28/h13-15,24-25,33-34H,5-12,16-17H2,1-4H3/t24-,25?,28+,29?/m1/s1. The van der Waals surface area contributed by atoms with Crippen molar-refractivity contribution in [1.82, 2.24) is 4.90 Å². The van der Waals surface area contributed by atoms with Crippen LogP contribution in [0.15, 0.2) is 24.0 Å². The lowest BCUT2D eigenvalue weighted by atomic mass is 9.77. The molecule has 0 radical (unpaired) electrons. The first-order chi connectivity index (χ1) is 18.5. The van der Waals surface area contributed by atoms with Crippen molar-refractivity contribution in [3.63, 3.8) is 0 Å². The van der Waals surface area contributed by atoms with E-state index in [2.05, 4.69) is 11.0 Å². The Balaban J connectivity index is 1.50. The van der Waals surface area contributed by atoms with Gasteiger partial charge in [0.15, 0.2) is 23.2 Å². The molecule has 10 heteroatoms. The van der Waals surface area contributed by atoms with Crippen LogP contribution in [0, 0.1) is 0 Å². The molecule has 1 saturated heterocycles. The van der Waals surface area contributed by atoms with E-state index < -0.39 is 41.2 Å². The molecule has 1 aromatic carbocycles. The molecule has 1 aliphatic carbocycles. The monoisotopic (exact) mass is 545 g/mol. The van der Waals surface area contributed by atoms with Gasteiger partial charge < -0.3 is 33.9 Å². The number of fused-ring (bicyclic) bond motifs is 3. The fraction of sp³-hybridized carbons (Fsp3) is 0.655. The van der Waals surface area contributed by atoms with Gasteiger partial charge in [0.1, 0.15) is 5.76 Å².